The second-order valence-corrected chi connectivity index (χ2v) is 6.29. The van der Waals surface area contributed by atoms with E-state index < -0.39 is 0 Å². The molecular weight excluding hydrogens is 318 g/mol. The first-order chi connectivity index (χ1) is 11.8. The van der Waals surface area contributed by atoms with Crippen molar-refractivity contribution in [3.05, 3.63) is 88.4 Å². The normalized spacial score (nSPS) is 12.2. The van der Waals surface area contributed by atoms with Crippen LogP contribution in [0.5, 0.6) is 0 Å². The first-order valence-electron chi connectivity index (χ1n) is 7.62. The Balaban J connectivity index is 1.73. The van der Waals surface area contributed by atoms with Crippen LogP contribution in [0.1, 0.15) is 27.5 Å². The zero-order valence-corrected chi connectivity index (χ0v) is 13.6. The number of benzene rings is 2. The van der Waals surface area contributed by atoms with Crippen molar-refractivity contribution in [1.82, 2.24) is 15.3 Å². The van der Waals surface area contributed by atoms with Crippen molar-refractivity contribution in [3.8, 4) is 0 Å². The van der Waals surface area contributed by atoms with E-state index in [0.29, 0.717) is 5.56 Å². The minimum atomic E-state index is -0.216. The van der Waals surface area contributed by atoms with Crippen LogP contribution in [0.4, 0.5) is 0 Å². The van der Waals surface area contributed by atoms with Gasteiger partial charge in [0.1, 0.15) is 0 Å². The highest BCUT2D eigenvalue weighted by molar-refractivity contribution is 7.08. The molecule has 0 bridgehead atoms. The Bertz CT molecular complexity index is 961. The van der Waals surface area contributed by atoms with Crippen molar-refractivity contribution >= 4 is 28.3 Å². The third-order valence-corrected chi connectivity index (χ3v) is 4.65. The van der Waals surface area contributed by atoms with Crippen LogP contribution in [0.25, 0.3) is 11.0 Å². The number of fused-ring (bicyclic) bond motifs is 1. The van der Waals surface area contributed by atoms with E-state index >= 15 is 0 Å². The second-order valence-electron chi connectivity index (χ2n) is 5.51. The lowest BCUT2D eigenvalue weighted by molar-refractivity contribution is 0.0943. The number of imidazole rings is 1. The van der Waals surface area contributed by atoms with Crippen LogP contribution in [0.2, 0.25) is 0 Å². The average molecular weight is 333 g/mol. The Morgan fingerprint density at radius 3 is 2.75 bits per heavy atom. The van der Waals surface area contributed by atoms with Crippen molar-refractivity contribution in [3.63, 3.8) is 0 Å². The third kappa shape index (κ3) is 2.81. The Morgan fingerprint density at radius 2 is 1.96 bits per heavy atom. The number of amides is 1. The molecule has 0 radical (unpaired) electrons. The minimum Gasteiger partial charge on any atom is -0.345 e. The van der Waals surface area contributed by atoms with Gasteiger partial charge in [0.2, 0.25) is 0 Å². The molecule has 2 aromatic heterocycles. The van der Waals surface area contributed by atoms with Crippen LogP contribution >= 0.6 is 11.3 Å². The van der Waals surface area contributed by atoms with Gasteiger partial charge in [0, 0.05) is 5.38 Å². The van der Waals surface area contributed by atoms with Crippen molar-refractivity contribution in [1.29, 1.82) is 0 Å². The molecule has 0 aliphatic heterocycles. The van der Waals surface area contributed by atoms with E-state index in [2.05, 4.69) is 15.3 Å². The van der Waals surface area contributed by atoms with Crippen LogP contribution in [-0.2, 0) is 0 Å². The minimum absolute atomic E-state index is 0.0742. The summed E-state index contributed by atoms with van der Waals surface area (Å²) in [5.41, 5.74) is 4.61. The summed E-state index contributed by atoms with van der Waals surface area (Å²) >= 11 is 1.52. The second kappa shape index (κ2) is 6.29. The number of carbonyl (C=O) groups is 1. The molecule has 1 atom stereocenters. The predicted octanol–water partition coefficient (Wildman–Crippen LogP) is 4.14. The van der Waals surface area contributed by atoms with E-state index in [1.807, 2.05) is 65.4 Å². The molecule has 118 valence electrons. The fourth-order valence-electron chi connectivity index (χ4n) is 2.75. The van der Waals surface area contributed by atoms with E-state index in [1.165, 1.54) is 11.3 Å². The van der Waals surface area contributed by atoms with Crippen LogP contribution in [0.3, 0.4) is 0 Å². The molecule has 24 heavy (non-hydrogen) atoms. The molecule has 1 amide bonds. The molecule has 2 heterocycles. The SMILES string of the molecule is O=C(N[C@@H](c1ccccc1)c1ccc2nc[nH]c2c1)c1ccsc1. The lowest BCUT2D eigenvalue weighted by Crippen LogP contribution is -2.29. The fraction of sp³-hybridized carbons (Fsp3) is 0.0526. The molecule has 0 aliphatic carbocycles. The number of hydrogen-bond acceptors (Lipinski definition) is 3. The highest BCUT2D eigenvalue weighted by atomic mass is 32.1. The lowest BCUT2D eigenvalue weighted by Gasteiger charge is -2.19. The van der Waals surface area contributed by atoms with Gasteiger partial charge in [-0.1, -0.05) is 36.4 Å². The van der Waals surface area contributed by atoms with Crippen molar-refractivity contribution in [2.45, 2.75) is 6.04 Å². The topological polar surface area (TPSA) is 57.8 Å². The molecule has 2 N–H and O–H groups in total. The third-order valence-electron chi connectivity index (χ3n) is 3.97. The van der Waals surface area contributed by atoms with E-state index in [0.717, 1.165) is 22.2 Å². The van der Waals surface area contributed by atoms with Crippen LogP contribution in [-0.4, -0.2) is 15.9 Å². The number of aromatic amines is 1. The zero-order valence-electron chi connectivity index (χ0n) is 12.8. The Kier molecular flexibility index (Phi) is 3.84. The largest absolute Gasteiger partial charge is 0.345 e. The van der Waals surface area contributed by atoms with Gasteiger partial charge in [0.05, 0.1) is 29.0 Å². The molecule has 0 saturated heterocycles. The first kappa shape index (κ1) is 14.7. The summed E-state index contributed by atoms with van der Waals surface area (Å²) in [6.07, 6.45) is 1.68. The highest BCUT2D eigenvalue weighted by Gasteiger charge is 2.18. The molecule has 2 aromatic carbocycles. The molecular formula is C19H15N3OS. The van der Waals surface area contributed by atoms with Crippen molar-refractivity contribution in [2.24, 2.45) is 0 Å². The van der Waals surface area contributed by atoms with E-state index in [9.17, 15) is 4.79 Å². The summed E-state index contributed by atoms with van der Waals surface area (Å²) in [6, 6.07) is 17.6. The summed E-state index contributed by atoms with van der Waals surface area (Å²) in [4.78, 5) is 19.9. The molecule has 4 aromatic rings. The molecule has 0 fully saturated rings. The number of thiophene rings is 1. The lowest BCUT2D eigenvalue weighted by atomic mass is 9.98. The molecule has 4 rings (SSSR count). The Hall–Kier alpha value is -2.92. The van der Waals surface area contributed by atoms with Gasteiger partial charge >= 0.3 is 0 Å². The first-order valence-corrected chi connectivity index (χ1v) is 8.56. The monoisotopic (exact) mass is 333 g/mol. The summed E-state index contributed by atoms with van der Waals surface area (Å²) in [5.74, 6) is -0.0742. The fourth-order valence-corrected chi connectivity index (χ4v) is 3.38. The van der Waals surface area contributed by atoms with Gasteiger partial charge in [-0.05, 0) is 34.7 Å². The van der Waals surface area contributed by atoms with Gasteiger partial charge in [-0.15, -0.1) is 0 Å². The average Bonchev–Trinajstić information content (AvgIpc) is 3.31. The van der Waals surface area contributed by atoms with Crippen LogP contribution in [0.15, 0.2) is 71.7 Å². The summed E-state index contributed by atoms with van der Waals surface area (Å²) < 4.78 is 0. The van der Waals surface area contributed by atoms with Gasteiger partial charge in [-0.25, -0.2) is 4.98 Å². The van der Waals surface area contributed by atoms with Crippen LogP contribution in [0, 0.1) is 0 Å². The number of nitrogens with zero attached hydrogens (tertiary/aromatic N) is 1. The number of H-pyrrole nitrogens is 1. The van der Waals surface area contributed by atoms with Crippen LogP contribution < -0.4 is 5.32 Å². The quantitative estimate of drug-likeness (QED) is 0.589. The molecule has 0 spiro atoms. The summed E-state index contributed by atoms with van der Waals surface area (Å²) in [6.45, 7) is 0. The molecule has 0 saturated carbocycles. The van der Waals surface area contributed by atoms with Crippen molar-refractivity contribution in [2.75, 3.05) is 0 Å². The van der Waals surface area contributed by atoms with E-state index in [1.54, 1.807) is 6.33 Å². The van der Waals surface area contributed by atoms with E-state index in [4.69, 9.17) is 0 Å². The molecule has 5 heteroatoms. The van der Waals surface area contributed by atoms with Gasteiger partial charge in [-0.3, -0.25) is 4.79 Å². The number of rotatable bonds is 4. The number of hydrogen-bond donors (Lipinski definition) is 2. The number of carbonyl (C=O) groups excluding carboxylic acids is 1. The smallest absolute Gasteiger partial charge is 0.252 e. The Morgan fingerprint density at radius 1 is 1.08 bits per heavy atom. The van der Waals surface area contributed by atoms with Gasteiger partial charge in [-0.2, -0.15) is 11.3 Å². The molecule has 0 unspecified atom stereocenters. The summed E-state index contributed by atoms with van der Waals surface area (Å²) in [5, 5.41) is 6.90. The van der Waals surface area contributed by atoms with Gasteiger partial charge < -0.3 is 10.3 Å². The standard InChI is InChI=1S/C19H15N3OS/c23-19(15-8-9-24-11-15)22-18(13-4-2-1-3-5-13)14-6-7-16-17(10-14)21-12-20-16/h1-12,18H,(H,20,21)(H,22,23)/t18-/m0/s1. The maximum absolute atomic E-state index is 12.6. The zero-order chi connectivity index (χ0) is 16.4. The summed E-state index contributed by atoms with van der Waals surface area (Å²) in [7, 11) is 0. The van der Waals surface area contributed by atoms with Gasteiger partial charge in [0.15, 0.2) is 0 Å². The maximum atomic E-state index is 12.6. The van der Waals surface area contributed by atoms with Crippen molar-refractivity contribution < 1.29 is 4.79 Å². The number of aromatic nitrogens is 2. The number of nitrogens with one attached hydrogen (secondary N) is 2. The Labute approximate surface area is 143 Å². The van der Waals surface area contributed by atoms with E-state index in [-0.39, 0.29) is 11.9 Å². The molecule has 0 aliphatic rings. The maximum Gasteiger partial charge on any atom is 0.252 e. The van der Waals surface area contributed by atoms with Gasteiger partial charge in [0.25, 0.3) is 5.91 Å². The molecule has 4 nitrogen and oxygen atoms in total. The highest BCUT2D eigenvalue weighted by Crippen LogP contribution is 2.25. The predicted molar refractivity (Wildman–Crippen MR) is 96.2 cm³/mol.